The number of nitrogens with one attached hydrogen (secondary N) is 2. The van der Waals surface area contributed by atoms with Gasteiger partial charge in [-0.05, 0) is 61.8 Å². The lowest BCUT2D eigenvalue weighted by Crippen LogP contribution is -2.27. The quantitative estimate of drug-likeness (QED) is 0.321. The number of pyridine rings is 3. The second-order valence-corrected chi connectivity index (χ2v) is 11.4. The highest BCUT2D eigenvalue weighted by Gasteiger charge is 2.23. The van der Waals surface area contributed by atoms with Crippen molar-refractivity contribution in [2.75, 3.05) is 19.0 Å². The van der Waals surface area contributed by atoms with Crippen molar-refractivity contribution in [2.24, 2.45) is 0 Å². The lowest BCUT2D eigenvalue weighted by molar-refractivity contribution is 0.388. The molecule has 0 aliphatic carbocycles. The van der Waals surface area contributed by atoms with Gasteiger partial charge in [-0.25, -0.2) is 18.4 Å². The first-order valence-corrected chi connectivity index (χ1v) is 14.0. The summed E-state index contributed by atoms with van der Waals surface area (Å²) < 4.78 is 31.4. The monoisotopic (exact) mass is 525 g/mol. The van der Waals surface area contributed by atoms with Crippen molar-refractivity contribution in [2.45, 2.75) is 17.7 Å². The van der Waals surface area contributed by atoms with Gasteiger partial charge in [-0.1, -0.05) is 0 Å². The Morgan fingerprint density at radius 2 is 1.79 bits per heavy atom. The van der Waals surface area contributed by atoms with Gasteiger partial charge < -0.3 is 9.40 Å². The average molecular weight is 526 g/mol. The van der Waals surface area contributed by atoms with Crippen LogP contribution in [0.1, 0.15) is 12.8 Å². The summed E-state index contributed by atoms with van der Waals surface area (Å²) in [5.74, 6) is 0.0104. The summed E-state index contributed by atoms with van der Waals surface area (Å²) in [7, 11) is -3.49. The number of furan rings is 1. The second kappa shape index (κ2) is 8.89. The van der Waals surface area contributed by atoms with Crippen molar-refractivity contribution in [1.82, 2.24) is 35.0 Å². The molecule has 7 heterocycles. The zero-order valence-corrected chi connectivity index (χ0v) is 21.1. The van der Waals surface area contributed by atoms with Gasteiger partial charge in [-0.15, -0.1) is 0 Å². The zero-order chi connectivity index (χ0) is 25.7. The van der Waals surface area contributed by atoms with E-state index in [2.05, 4.69) is 30.1 Å². The Hall–Kier alpha value is -4.35. The third kappa shape index (κ3) is 3.96. The van der Waals surface area contributed by atoms with Crippen LogP contribution in [-0.4, -0.2) is 62.4 Å². The third-order valence-corrected chi connectivity index (χ3v) is 8.64. The first kappa shape index (κ1) is 22.8. The van der Waals surface area contributed by atoms with E-state index in [1.165, 1.54) is 6.20 Å². The van der Waals surface area contributed by atoms with E-state index in [4.69, 9.17) is 4.42 Å². The molecule has 0 saturated carbocycles. The molecule has 0 unspecified atom stereocenters. The topological polar surface area (TPSA) is 134 Å². The normalized spacial score (nSPS) is 14.6. The molecule has 6 aromatic rings. The van der Waals surface area contributed by atoms with Crippen LogP contribution in [0.2, 0.25) is 0 Å². The van der Waals surface area contributed by atoms with Crippen molar-refractivity contribution in [3.63, 3.8) is 0 Å². The number of fused-ring (bicyclic) bond motifs is 2. The molecule has 7 rings (SSSR count). The fourth-order valence-corrected chi connectivity index (χ4v) is 6.48. The van der Waals surface area contributed by atoms with Gasteiger partial charge in [0.05, 0.1) is 23.1 Å². The Morgan fingerprint density at radius 3 is 2.63 bits per heavy atom. The first-order valence-electron chi connectivity index (χ1n) is 12.3. The zero-order valence-electron chi connectivity index (χ0n) is 20.3. The first-order chi connectivity index (χ1) is 18.5. The molecule has 1 saturated heterocycles. The third-order valence-electron chi connectivity index (χ3n) is 6.99. The van der Waals surface area contributed by atoms with Gasteiger partial charge in [-0.3, -0.25) is 15.0 Å². The predicted octanol–water partition coefficient (Wildman–Crippen LogP) is 4.65. The molecule has 0 bridgehead atoms. The summed E-state index contributed by atoms with van der Waals surface area (Å²) >= 11 is 0. The Bertz CT molecular complexity index is 1880. The van der Waals surface area contributed by atoms with Gasteiger partial charge in [0.15, 0.2) is 15.5 Å². The van der Waals surface area contributed by atoms with Crippen LogP contribution in [0.4, 0.5) is 0 Å². The highest BCUT2D eigenvalue weighted by molar-refractivity contribution is 7.91. The number of hydrogen-bond donors (Lipinski definition) is 2. The minimum atomic E-state index is -3.49. The van der Waals surface area contributed by atoms with Gasteiger partial charge in [0, 0.05) is 52.3 Å². The Balaban J connectivity index is 1.27. The fourth-order valence-electron chi connectivity index (χ4n) is 5.06. The number of nitrogens with zero attached hydrogens (tertiary/aromatic N) is 5. The molecule has 1 aliphatic rings. The van der Waals surface area contributed by atoms with Crippen molar-refractivity contribution in [1.29, 1.82) is 0 Å². The van der Waals surface area contributed by atoms with Gasteiger partial charge in [0.2, 0.25) is 0 Å². The predicted molar refractivity (Wildman–Crippen MR) is 143 cm³/mol. The second-order valence-electron chi connectivity index (χ2n) is 9.49. The van der Waals surface area contributed by atoms with E-state index in [-0.39, 0.29) is 10.8 Å². The largest absolute Gasteiger partial charge is 0.472 e. The Labute approximate surface area is 217 Å². The molecule has 11 heteroatoms. The van der Waals surface area contributed by atoms with Crippen LogP contribution in [0.25, 0.3) is 55.7 Å². The molecular weight excluding hydrogens is 502 g/mol. The van der Waals surface area contributed by atoms with E-state index in [0.29, 0.717) is 16.9 Å². The molecule has 0 atom stereocenters. The highest BCUT2D eigenvalue weighted by atomic mass is 32.2. The minimum Gasteiger partial charge on any atom is -0.472 e. The van der Waals surface area contributed by atoms with E-state index in [0.717, 1.165) is 64.7 Å². The number of aromatic nitrogens is 6. The van der Waals surface area contributed by atoms with Crippen molar-refractivity contribution in [3.05, 3.63) is 67.6 Å². The molecule has 0 aromatic carbocycles. The molecule has 10 nitrogen and oxygen atoms in total. The maximum absolute atomic E-state index is 13.1. The van der Waals surface area contributed by atoms with Gasteiger partial charge in [-0.2, -0.15) is 5.10 Å². The lowest BCUT2D eigenvalue weighted by Gasteiger charge is -2.15. The number of aromatic amines is 2. The van der Waals surface area contributed by atoms with E-state index in [1.54, 1.807) is 37.2 Å². The number of likely N-dealkylation sites (tertiary alicyclic amines) is 1. The van der Waals surface area contributed by atoms with Crippen LogP contribution < -0.4 is 0 Å². The molecular formula is C27H23N7O3S. The van der Waals surface area contributed by atoms with Crippen molar-refractivity contribution in [3.8, 4) is 33.6 Å². The maximum Gasteiger partial charge on any atom is 0.193 e. The number of H-pyrrole nitrogens is 2. The standard InChI is InChI=1S/C27H23N7O3S/c35-38(36,16-34-6-1-2-7-34)20-9-18(12-28-14-20)19-10-23-25(32-33-27(23)30-13-19)24-11-22-21(17-4-8-37-15-17)3-5-29-26(22)31-24/h3-5,8-15H,1-2,6-7,16H2,(H,29,31)(H,30,32,33). The van der Waals surface area contributed by atoms with Crippen LogP contribution in [0.3, 0.4) is 0 Å². The number of rotatable bonds is 6. The van der Waals surface area contributed by atoms with Gasteiger partial charge >= 0.3 is 0 Å². The summed E-state index contributed by atoms with van der Waals surface area (Å²) in [5.41, 5.74) is 6.22. The number of hydrogen-bond acceptors (Lipinski definition) is 8. The van der Waals surface area contributed by atoms with E-state index in [1.807, 2.05) is 29.2 Å². The van der Waals surface area contributed by atoms with Gasteiger partial charge in [0.25, 0.3) is 0 Å². The molecule has 0 radical (unpaired) electrons. The van der Waals surface area contributed by atoms with Crippen LogP contribution >= 0.6 is 0 Å². The lowest BCUT2D eigenvalue weighted by atomic mass is 10.1. The Kier molecular flexibility index (Phi) is 5.34. The van der Waals surface area contributed by atoms with Crippen LogP contribution in [0.5, 0.6) is 0 Å². The SMILES string of the molecule is O=S(=O)(CN1CCCC1)c1cncc(-c2cnc3[nH]nc(-c4cc5c(-c6ccoc6)ccnc5[nH]4)c3c2)c1. The van der Waals surface area contributed by atoms with E-state index >= 15 is 0 Å². The number of sulfone groups is 1. The summed E-state index contributed by atoms with van der Waals surface area (Å²) in [6.45, 7) is 1.62. The molecule has 38 heavy (non-hydrogen) atoms. The van der Waals surface area contributed by atoms with E-state index in [9.17, 15) is 8.42 Å². The highest BCUT2D eigenvalue weighted by Crippen LogP contribution is 2.34. The van der Waals surface area contributed by atoms with Crippen molar-refractivity contribution >= 4 is 31.9 Å². The maximum atomic E-state index is 13.1. The summed E-state index contributed by atoms with van der Waals surface area (Å²) in [5, 5.41) is 9.26. The van der Waals surface area contributed by atoms with Crippen molar-refractivity contribution < 1.29 is 12.8 Å². The van der Waals surface area contributed by atoms with Gasteiger partial charge in [0.1, 0.15) is 17.2 Å². The van der Waals surface area contributed by atoms with Crippen LogP contribution in [0.15, 0.2) is 77.0 Å². The molecule has 190 valence electrons. The molecule has 6 aromatic heterocycles. The molecule has 1 aliphatic heterocycles. The summed E-state index contributed by atoms with van der Waals surface area (Å²) in [6, 6.07) is 9.50. The smallest absolute Gasteiger partial charge is 0.193 e. The molecule has 2 N–H and O–H groups in total. The summed E-state index contributed by atoms with van der Waals surface area (Å²) in [4.78, 5) is 18.8. The van der Waals surface area contributed by atoms with Crippen LogP contribution in [0, 0.1) is 0 Å². The molecule has 0 amide bonds. The summed E-state index contributed by atoms with van der Waals surface area (Å²) in [6.07, 6.45) is 11.9. The van der Waals surface area contributed by atoms with Crippen LogP contribution in [-0.2, 0) is 9.84 Å². The average Bonchev–Trinajstić information content (AvgIpc) is 3.74. The molecule has 1 fully saturated rings. The molecule has 0 spiro atoms. The Morgan fingerprint density at radius 1 is 0.921 bits per heavy atom. The van der Waals surface area contributed by atoms with E-state index < -0.39 is 9.84 Å². The fraction of sp³-hybridized carbons (Fsp3) is 0.185. The minimum absolute atomic E-state index is 0.0104.